The lowest BCUT2D eigenvalue weighted by molar-refractivity contribution is -0.133. The fourth-order valence-corrected chi connectivity index (χ4v) is 3.28. The van der Waals surface area contributed by atoms with Crippen molar-refractivity contribution in [1.29, 1.82) is 0 Å². The van der Waals surface area contributed by atoms with Crippen LogP contribution in [0.4, 0.5) is 0 Å². The topological polar surface area (TPSA) is 75.4 Å². The Morgan fingerprint density at radius 2 is 2.15 bits per heavy atom. The molecule has 6 heteroatoms. The lowest BCUT2D eigenvalue weighted by Crippen LogP contribution is -2.43. The fourth-order valence-electron chi connectivity index (χ4n) is 3.28. The first kappa shape index (κ1) is 13.1. The third kappa shape index (κ3) is 2.19. The Kier molecular flexibility index (Phi) is 3.23. The van der Waals surface area contributed by atoms with E-state index in [-0.39, 0.29) is 23.9 Å². The predicted octanol–water partition coefficient (Wildman–Crippen LogP) is 0.713. The largest absolute Gasteiger partial charge is 0.361 e. The molecule has 20 heavy (non-hydrogen) atoms. The van der Waals surface area contributed by atoms with Gasteiger partial charge in [0.25, 0.3) is 0 Å². The Morgan fingerprint density at radius 3 is 2.85 bits per heavy atom. The number of nitrogens with one attached hydrogen (secondary N) is 1. The van der Waals surface area contributed by atoms with E-state index in [0.29, 0.717) is 25.1 Å². The molecular weight excluding hydrogens is 258 g/mol. The van der Waals surface area contributed by atoms with Crippen LogP contribution >= 0.6 is 0 Å². The van der Waals surface area contributed by atoms with E-state index in [1.807, 2.05) is 18.7 Å². The summed E-state index contributed by atoms with van der Waals surface area (Å²) in [4.78, 5) is 26.1. The molecule has 2 aliphatic rings. The summed E-state index contributed by atoms with van der Waals surface area (Å²) in [6.07, 6.45) is 2.62. The Bertz CT molecular complexity index is 532. The summed E-state index contributed by atoms with van der Waals surface area (Å²) >= 11 is 0. The van der Waals surface area contributed by atoms with Crippen LogP contribution in [0.25, 0.3) is 0 Å². The summed E-state index contributed by atoms with van der Waals surface area (Å²) in [5.41, 5.74) is 1.64. The van der Waals surface area contributed by atoms with Crippen molar-refractivity contribution in [3.8, 4) is 0 Å². The van der Waals surface area contributed by atoms with Gasteiger partial charge in [0.15, 0.2) is 0 Å². The molecule has 2 atom stereocenters. The lowest BCUT2D eigenvalue weighted by Gasteiger charge is -2.27. The molecule has 2 aliphatic heterocycles. The van der Waals surface area contributed by atoms with Gasteiger partial charge in [0.2, 0.25) is 11.8 Å². The number of nitrogens with zero attached hydrogens (tertiary/aromatic N) is 2. The molecule has 2 bridgehead atoms. The zero-order valence-corrected chi connectivity index (χ0v) is 11.8. The fraction of sp³-hybridized carbons (Fsp3) is 0.643. The Hall–Kier alpha value is -1.85. The molecule has 0 saturated carbocycles. The molecule has 1 N–H and O–H groups in total. The van der Waals surface area contributed by atoms with Crippen molar-refractivity contribution in [3.05, 3.63) is 17.0 Å². The standard InChI is InChI=1S/C14H19N3O3/c1-8-12(9(2)20-16-8)6-14(19)17-10-3-4-11(17)7-15-13(18)5-10/h10-11H,3-7H2,1-2H3,(H,15,18)/t10-,11+/m1/s1. The molecule has 1 aromatic rings. The zero-order valence-electron chi connectivity index (χ0n) is 11.8. The van der Waals surface area contributed by atoms with Crippen molar-refractivity contribution in [2.24, 2.45) is 0 Å². The first-order valence-electron chi connectivity index (χ1n) is 7.06. The molecule has 1 aromatic heterocycles. The number of fused-ring (bicyclic) bond motifs is 2. The Labute approximate surface area is 117 Å². The Morgan fingerprint density at radius 1 is 1.40 bits per heavy atom. The maximum absolute atomic E-state index is 12.6. The highest BCUT2D eigenvalue weighted by molar-refractivity contribution is 5.83. The minimum atomic E-state index is 0.0485. The molecule has 3 rings (SSSR count). The molecule has 0 aliphatic carbocycles. The third-order valence-corrected chi connectivity index (χ3v) is 4.37. The van der Waals surface area contributed by atoms with Gasteiger partial charge < -0.3 is 14.7 Å². The van der Waals surface area contributed by atoms with Crippen LogP contribution in [0.3, 0.4) is 0 Å². The summed E-state index contributed by atoms with van der Waals surface area (Å²) in [6.45, 7) is 4.24. The number of carbonyl (C=O) groups excluding carboxylic acids is 2. The van der Waals surface area contributed by atoms with E-state index in [1.54, 1.807) is 0 Å². The van der Waals surface area contributed by atoms with Gasteiger partial charge in [-0.3, -0.25) is 9.59 Å². The highest BCUT2D eigenvalue weighted by Gasteiger charge is 2.40. The SMILES string of the molecule is Cc1noc(C)c1CC(=O)N1[C@@H]2CC[C@H]1CNC(=O)C2. The molecule has 6 nitrogen and oxygen atoms in total. The number of hydrogen-bond donors (Lipinski definition) is 1. The number of amides is 2. The van der Waals surface area contributed by atoms with Gasteiger partial charge >= 0.3 is 0 Å². The zero-order chi connectivity index (χ0) is 14.3. The van der Waals surface area contributed by atoms with Crippen LogP contribution in [0, 0.1) is 13.8 Å². The normalized spacial score (nSPS) is 25.5. The van der Waals surface area contributed by atoms with Crippen molar-refractivity contribution in [1.82, 2.24) is 15.4 Å². The van der Waals surface area contributed by atoms with Gasteiger partial charge in [-0.05, 0) is 26.7 Å². The van der Waals surface area contributed by atoms with Crippen LogP contribution < -0.4 is 5.32 Å². The van der Waals surface area contributed by atoms with E-state index >= 15 is 0 Å². The average Bonchev–Trinajstić information content (AvgIpc) is 2.87. The van der Waals surface area contributed by atoms with Crippen LogP contribution in [0.1, 0.15) is 36.3 Å². The van der Waals surface area contributed by atoms with E-state index in [9.17, 15) is 9.59 Å². The highest BCUT2D eigenvalue weighted by atomic mass is 16.5. The molecule has 0 spiro atoms. The molecule has 0 radical (unpaired) electrons. The predicted molar refractivity (Wildman–Crippen MR) is 71.0 cm³/mol. The maximum Gasteiger partial charge on any atom is 0.227 e. The number of rotatable bonds is 2. The van der Waals surface area contributed by atoms with Crippen molar-refractivity contribution >= 4 is 11.8 Å². The first-order valence-corrected chi connectivity index (χ1v) is 7.06. The summed E-state index contributed by atoms with van der Waals surface area (Å²) in [5.74, 6) is 0.822. The van der Waals surface area contributed by atoms with Gasteiger partial charge in [-0.15, -0.1) is 0 Å². The molecule has 0 aromatic carbocycles. The number of aryl methyl sites for hydroxylation is 2. The third-order valence-electron chi connectivity index (χ3n) is 4.37. The van der Waals surface area contributed by atoms with Gasteiger partial charge in [-0.25, -0.2) is 0 Å². The smallest absolute Gasteiger partial charge is 0.227 e. The van der Waals surface area contributed by atoms with E-state index in [0.717, 1.165) is 24.1 Å². The van der Waals surface area contributed by atoms with E-state index in [2.05, 4.69) is 10.5 Å². The van der Waals surface area contributed by atoms with E-state index in [4.69, 9.17) is 4.52 Å². The quantitative estimate of drug-likeness (QED) is 0.864. The summed E-state index contributed by atoms with van der Waals surface area (Å²) < 4.78 is 5.11. The van der Waals surface area contributed by atoms with Crippen molar-refractivity contribution in [2.75, 3.05) is 6.54 Å². The summed E-state index contributed by atoms with van der Waals surface area (Å²) in [7, 11) is 0. The second-order valence-electron chi connectivity index (χ2n) is 5.67. The van der Waals surface area contributed by atoms with Crippen LogP contribution in [0.2, 0.25) is 0 Å². The minimum absolute atomic E-state index is 0.0485. The van der Waals surface area contributed by atoms with Crippen LogP contribution in [-0.2, 0) is 16.0 Å². The number of hydrogen-bond acceptors (Lipinski definition) is 4. The maximum atomic E-state index is 12.6. The van der Waals surface area contributed by atoms with Crippen molar-refractivity contribution in [2.45, 2.75) is 51.6 Å². The number of carbonyl (C=O) groups is 2. The summed E-state index contributed by atoms with van der Waals surface area (Å²) in [6, 6.07) is 0.190. The monoisotopic (exact) mass is 277 g/mol. The molecule has 0 unspecified atom stereocenters. The van der Waals surface area contributed by atoms with Crippen LogP contribution in [0.5, 0.6) is 0 Å². The molecular formula is C14H19N3O3. The molecule has 2 saturated heterocycles. The molecule has 3 heterocycles. The second kappa shape index (κ2) is 4.92. The minimum Gasteiger partial charge on any atom is -0.361 e. The lowest BCUT2D eigenvalue weighted by atomic mass is 10.1. The van der Waals surface area contributed by atoms with Gasteiger partial charge in [-0.2, -0.15) is 0 Å². The first-order chi connectivity index (χ1) is 9.56. The molecule has 2 amide bonds. The van der Waals surface area contributed by atoms with Crippen molar-refractivity contribution in [3.63, 3.8) is 0 Å². The van der Waals surface area contributed by atoms with Crippen LogP contribution in [-0.4, -0.2) is 40.5 Å². The average molecular weight is 277 g/mol. The van der Waals surface area contributed by atoms with Crippen LogP contribution in [0.15, 0.2) is 4.52 Å². The molecule has 108 valence electrons. The van der Waals surface area contributed by atoms with E-state index in [1.165, 1.54) is 0 Å². The van der Waals surface area contributed by atoms with Gasteiger partial charge in [0, 0.05) is 30.6 Å². The Balaban J connectivity index is 1.78. The van der Waals surface area contributed by atoms with E-state index < -0.39 is 0 Å². The van der Waals surface area contributed by atoms with Gasteiger partial charge in [0.05, 0.1) is 12.1 Å². The van der Waals surface area contributed by atoms with Gasteiger partial charge in [-0.1, -0.05) is 5.16 Å². The number of aromatic nitrogens is 1. The van der Waals surface area contributed by atoms with Crippen molar-refractivity contribution < 1.29 is 14.1 Å². The van der Waals surface area contributed by atoms with Gasteiger partial charge in [0.1, 0.15) is 5.76 Å². The highest BCUT2D eigenvalue weighted by Crippen LogP contribution is 2.29. The molecule has 2 fully saturated rings. The summed E-state index contributed by atoms with van der Waals surface area (Å²) in [5, 5.41) is 6.77. The second-order valence-corrected chi connectivity index (χ2v) is 5.67.